The van der Waals surface area contributed by atoms with Crippen molar-refractivity contribution < 1.29 is 18.4 Å². The molecule has 0 aliphatic rings. The van der Waals surface area contributed by atoms with Gasteiger partial charge in [-0.15, -0.1) is 0 Å². The highest BCUT2D eigenvalue weighted by molar-refractivity contribution is 7.62. The summed E-state index contributed by atoms with van der Waals surface area (Å²) in [4.78, 5) is 17.4. The molecular formula is C27H27N4O4P. The normalized spacial score (nSPS) is 11.4. The largest absolute Gasteiger partial charge is 0.361 e. The Labute approximate surface area is 210 Å². The zero-order valence-electron chi connectivity index (χ0n) is 20.2. The van der Waals surface area contributed by atoms with E-state index in [0.717, 1.165) is 11.1 Å². The zero-order valence-corrected chi connectivity index (χ0v) is 21.1. The number of rotatable bonds is 10. The standard InChI is InChI=1S/C27H27N4O4P/c1-3-34-36(33,35-4-2)23-13-10-20(11-14-23)16-17-31-25-15-12-21(19-28)18-24(25)29-27(31)30-26(32)22-8-6-5-7-9-22/h5-15,18H,3-4,16-17H2,1-2H3,(H,29,30,32). The molecule has 0 saturated heterocycles. The molecule has 0 saturated carbocycles. The Morgan fingerprint density at radius 3 is 2.36 bits per heavy atom. The van der Waals surface area contributed by atoms with Gasteiger partial charge in [-0.1, -0.05) is 30.3 Å². The molecule has 9 heteroatoms. The van der Waals surface area contributed by atoms with Crippen LogP contribution in [0.2, 0.25) is 0 Å². The van der Waals surface area contributed by atoms with Gasteiger partial charge in [-0.2, -0.15) is 5.26 Å². The van der Waals surface area contributed by atoms with Crippen LogP contribution >= 0.6 is 7.60 Å². The number of imidazole rings is 1. The van der Waals surface area contributed by atoms with Gasteiger partial charge >= 0.3 is 7.60 Å². The first-order valence-electron chi connectivity index (χ1n) is 11.7. The second kappa shape index (κ2) is 11.3. The van der Waals surface area contributed by atoms with E-state index in [2.05, 4.69) is 16.4 Å². The fourth-order valence-electron chi connectivity index (χ4n) is 3.90. The minimum Gasteiger partial charge on any atom is -0.310 e. The molecule has 8 nitrogen and oxygen atoms in total. The minimum absolute atomic E-state index is 0.264. The minimum atomic E-state index is -3.34. The highest BCUT2D eigenvalue weighted by Gasteiger charge is 2.26. The van der Waals surface area contributed by atoms with Gasteiger partial charge in [0.05, 0.1) is 41.2 Å². The number of fused-ring (bicyclic) bond motifs is 1. The quantitative estimate of drug-likeness (QED) is 0.295. The number of aromatic nitrogens is 2. The summed E-state index contributed by atoms with van der Waals surface area (Å²) in [6, 6.07) is 23.7. The average Bonchev–Trinajstić information content (AvgIpc) is 3.24. The number of nitriles is 1. The summed E-state index contributed by atoms with van der Waals surface area (Å²) in [5, 5.41) is 12.7. The van der Waals surface area contributed by atoms with Crippen LogP contribution in [0.25, 0.3) is 11.0 Å². The molecule has 0 radical (unpaired) electrons. The number of nitrogens with one attached hydrogen (secondary N) is 1. The van der Waals surface area contributed by atoms with Crippen LogP contribution in [0.1, 0.15) is 35.3 Å². The van der Waals surface area contributed by atoms with E-state index in [1.54, 1.807) is 62.4 Å². The fraction of sp³-hybridized carbons (Fsp3) is 0.222. The summed E-state index contributed by atoms with van der Waals surface area (Å²) < 4.78 is 25.8. The number of hydrogen-bond donors (Lipinski definition) is 1. The molecule has 4 aromatic rings. The Bertz CT molecular complexity index is 1430. The number of benzene rings is 3. The van der Waals surface area contributed by atoms with E-state index in [-0.39, 0.29) is 19.1 Å². The molecule has 184 valence electrons. The molecule has 0 spiro atoms. The summed E-state index contributed by atoms with van der Waals surface area (Å²) in [7, 11) is -3.34. The van der Waals surface area contributed by atoms with Crippen molar-refractivity contribution in [2.45, 2.75) is 26.8 Å². The second-order valence-electron chi connectivity index (χ2n) is 7.97. The Morgan fingerprint density at radius 2 is 1.72 bits per heavy atom. The third-order valence-corrected chi connectivity index (χ3v) is 7.74. The van der Waals surface area contributed by atoms with Crippen molar-refractivity contribution in [2.24, 2.45) is 0 Å². The predicted octanol–water partition coefficient (Wildman–Crippen LogP) is 5.29. The molecular weight excluding hydrogens is 475 g/mol. The van der Waals surface area contributed by atoms with Crippen LogP contribution in [0.5, 0.6) is 0 Å². The lowest BCUT2D eigenvalue weighted by Gasteiger charge is -2.17. The number of aryl methyl sites for hydroxylation is 2. The summed E-state index contributed by atoms with van der Waals surface area (Å²) in [5.41, 5.74) is 3.47. The molecule has 1 heterocycles. The van der Waals surface area contributed by atoms with Crippen LogP contribution < -0.4 is 10.6 Å². The highest BCUT2D eigenvalue weighted by Crippen LogP contribution is 2.46. The van der Waals surface area contributed by atoms with Crippen molar-refractivity contribution in [3.8, 4) is 6.07 Å². The molecule has 0 unspecified atom stereocenters. The van der Waals surface area contributed by atoms with E-state index in [1.807, 2.05) is 28.8 Å². The van der Waals surface area contributed by atoms with Crippen molar-refractivity contribution in [2.75, 3.05) is 18.5 Å². The van der Waals surface area contributed by atoms with E-state index >= 15 is 0 Å². The summed E-state index contributed by atoms with van der Waals surface area (Å²) >= 11 is 0. The maximum absolute atomic E-state index is 13.0. The zero-order chi connectivity index (χ0) is 25.5. The van der Waals surface area contributed by atoms with Crippen molar-refractivity contribution in [3.05, 3.63) is 89.5 Å². The maximum Gasteiger partial charge on any atom is 0.361 e. The number of anilines is 1. The van der Waals surface area contributed by atoms with Gasteiger partial charge in [0, 0.05) is 12.1 Å². The molecule has 36 heavy (non-hydrogen) atoms. The lowest BCUT2D eigenvalue weighted by atomic mass is 10.1. The Morgan fingerprint density at radius 1 is 1.03 bits per heavy atom. The van der Waals surface area contributed by atoms with E-state index < -0.39 is 7.60 Å². The number of nitrogens with zero attached hydrogens (tertiary/aromatic N) is 3. The molecule has 0 bridgehead atoms. The molecule has 0 aliphatic carbocycles. The highest BCUT2D eigenvalue weighted by atomic mass is 31.2. The van der Waals surface area contributed by atoms with Crippen molar-refractivity contribution in [1.82, 2.24) is 9.55 Å². The molecule has 1 amide bonds. The number of hydrogen-bond acceptors (Lipinski definition) is 6. The Kier molecular flexibility index (Phi) is 7.97. The third kappa shape index (κ3) is 5.55. The molecule has 4 rings (SSSR count). The fourth-order valence-corrected chi connectivity index (χ4v) is 5.46. The smallest absolute Gasteiger partial charge is 0.310 e. The summed E-state index contributed by atoms with van der Waals surface area (Å²) in [6.07, 6.45) is 0.632. The monoisotopic (exact) mass is 502 g/mol. The van der Waals surface area contributed by atoms with Gasteiger partial charge in [0.2, 0.25) is 5.95 Å². The van der Waals surface area contributed by atoms with Crippen molar-refractivity contribution >= 4 is 35.8 Å². The van der Waals surface area contributed by atoms with Crippen LogP contribution in [0.3, 0.4) is 0 Å². The third-order valence-electron chi connectivity index (χ3n) is 5.61. The van der Waals surface area contributed by atoms with Gasteiger partial charge in [-0.25, -0.2) is 4.98 Å². The molecule has 0 fully saturated rings. The number of carbonyl (C=O) groups is 1. The van der Waals surface area contributed by atoms with Gasteiger partial charge in [-0.3, -0.25) is 14.7 Å². The van der Waals surface area contributed by atoms with Crippen LogP contribution in [0, 0.1) is 11.3 Å². The molecule has 1 aromatic heterocycles. The van der Waals surface area contributed by atoms with Gasteiger partial charge in [0.25, 0.3) is 5.91 Å². The topological polar surface area (TPSA) is 106 Å². The van der Waals surface area contributed by atoms with Crippen molar-refractivity contribution in [3.63, 3.8) is 0 Å². The van der Waals surface area contributed by atoms with Gasteiger partial charge in [0.1, 0.15) is 0 Å². The first-order chi connectivity index (χ1) is 17.5. The molecule has 0 aliphatic heterocycles. The SMILES string of the molecule is CCOP(=O)(OCC)c1ccc(CCn2c(NC(=O)c3ccccc3)nc3cc(C#N)ccc32)cc1. The lowest BCUT2D eigenvalue weighted by Crippen LogP contribution is -2.16. The Balaban J connectivity index is 1.59. The van der Waals surface area contributed by atoms with Crippen LogP contribution in [0.15, 0.2) is 72.8 Å². The summed E-state index contributed by atoms with van der Waals surface area (Å²) in [5.74, 6) is 0.141. The van der Waals surface area contributed by atoms with Crippen LogP contribution in [-0.2, 0) is 26.6 Å². The molecule has 3 aromatic carbocycles. The van der Waals surface area contributed by atoms with Gasteiger partial charge in [-0.05, 0) is 68.3 Å². The van der Waals surface area contributed by atoms with E-state index in [1.165, 1.54) is 0 Å². The van der Waals surface area contributed by atoms with E-state index in [4.69, 9.17) is 9.05 Å². The van der Waals surface area contributed by atoms with Crippen molar-refractivity contribution in [1.29, 1.82) is 5.26 Å². The Hall–Kier alpha value is -3.76. The summed E-state index contributed by atoms with van der Waals surface area (Å²) in [6.45, 7) is 4.67. The lowest BCUT2D eigenvalue weighted by molar-refractivity contribution is 0.102. The van der Waals surface area contributed by atoms with Gasteiger partial charge < -0.3 is 13.6 Å². The van der Waals surface area contributed by atoms with E-state index in [9.17, 15) is 14.6 Å². The molecule has 1 N–H and O–H groups in total. The number of amides is 1. The molecule has 0 atom stereocenters. The first-order valence-corrected chi connectivity index (χ1v) is 13.3. The average molecular weight is 503 g/mol. The second-order valence-corrected chi connectivity index (χ2v) is 10.00. The first kappa shape index (κ1) is 25.3. The van der Waals surface area contributed by atoms with Crippen LogP contribution in [0.4, 0.5) is 5.95 Å². The number of carbonyl (C=O) groups excluding carboxylic acids is 1. The van der Waals surface area contributed by atoms with Crippen LogP contribution in [-0.4, -0.2) is 28.7 Å². The maximum atomic E-state index is 13.0. The van der Waals surface area contributed by atoms with Gasteiger partial charge in [0.15, 0.2) is 0 Å². The predicted molar refractivity (Wildman–Crippen MR) is 139 cm³/mol. The van der Waals surface area contributed by atoms with E-state index in [0.29, 0.717) is 40.9 Å².